The maximum absolute atomic E-state index is 11.0. The van der Waals surface area contributed by atoms with E-state index in [1.165, 1.54) is 6.08 Å². The molecule has 0 spiro atoms. The highest BCUT2D eigenvalue weighted by molar-refractivity contribution is 6.20. The van der Waals surface area contributed by atoms with E-state index in [9.17, 15) is 9.59 Å². The quantitative estimate of drug-likeness (QED) is 0.229. The van der Waals surface area contributed by atoms with Crippen LogP contribution in [-0.4, -0.2) is 11.7 Å². The number of rotatable bonds is 1. The lowest BCUT2D eigenvalue weighted by atomic mass is 10.0. The monoisotopic (exact) mass is 152 g/mol. The Hall–Kier alpha value is -1.42. The summed E-state index contributed by atoms with van der Waals surface area (Å²) in [6.07, 6.45) is 5.08. The Kier molecular flexibility index (Phi) is 2.18. The van der Waals surface area contributed by atoms with Gasteiger partial charge < -0.3 is 0 Å². The van der Waals surface area contributed by atoms with Gasteiger partial charge in [0.15, 0.2) is 5.78 Å². The molecule has 0 fully saturated rings. The molecule has 0 atom stereocenters. The number of Topliss-reactive ketones (excluding diaryl/α,β-unsaturated/α-hetero) is 1. The topological polar surface area (TPSA) is 72.2 Å². The Balaban J connectivity index is 2.84. The molecule has 1 aliphatic carbocycles. The van der Waals surface area contributed by atoms with Gasteiger partial charge in [0.05, 0.1) is 5.57 Å². The number of amides is 1. The molecule has 0 bridgehead atoms. The fourth-order valence-electron chi connectivity index (χ4n) is 0.822. The molecule has 0 aromatic rings. The summed E-state index contributed by atoms with van der Waals surface area (Å²) in [5.41, 5.74) is 2.02. The molecule has 4 nitrogen and oxygen atoms in total. The largest absolute Gasteiger partial charge is 0.294 e. The summed E-state index contributed by atoms with van der Waals surface area (Å²) in [6.45, 7) is 0. The van der Waals surface area contributed by atoms with Crippen LogP contribution in [0.4, 0.5) is 0 Å². The molecule has 0 heterocycles. The lowest BCUT2D eigenvalue weighted by molar-refractivity contribution is -0.122. The first kappa shape index (κ1) is 7.68. The smallest absolute Gasteiger partial charge is 0.268 e. The number of hydrogen-bond acceptors (Lipinski definition) is 3. The number of carbonyl (C=O) groups is 2. The van der Waals surface area contributed by atoms with Gasteiger partial charge in [-0.15, -0.1) is 0 Å². The van der Waals surface area contributed by atoms with Gasteiger partial charge in [-0.1, -0.05) is 12.2 Å². The molecule has 0 aliphatic heterocycles. The molecule has 0 aromatic carbocycles. The Morgan fingerprint density at radius 3 is 2.91 bits per heavy atom. The number of hydrogen-bond donors (Lipinski definition) is 2. The van der Waals surface area contributed by atoms with Crippen molar-refractivity contribution >= 4 is 11.7 Å². The van der Waals surface area contributed by atoms with Crippen molar-refractivity contribution in [3.8, 4) is 0 Å². The van der Waals surface area contributed by atoms with E-state index in [0.717, 1.165) is 0 Å². The summed E-state index contributed by atoms with van der Waals surface area (Å²) in [5, 5.41) is 0. The maximum Gasteiger partial charge on any atom is 0.268 e. The van der Waals surface area contributed by atoms with Crippen molar-refractivity contribution < 1.29 is 9.59 Å². The SMILES string of the molecule is NNC(=O)C1=CC=CCC1=O. The van der Waals surface area contributed by atoms with Crippen LogP contribution in [0.3, 0.4) is 0 Å². The second-order valence-electron chi connectivity index (χ2n) is 2.11. The van der Waals surface area contributed by atoms with Crippen LogP contribution in [-0.2, 0) is 9.59 Å². The van der Waals surface area contributed by atoms with Crippen molar-refractivity contribution in [2.45, 2.75) is 6.42 Å². The summed E-state index contributed by atoms with van der Waals surface area (Å²) < 4.78 is 0. The fourth-order valence-corrected chi connectivity index (χ4v) is 0.822. The zero-order valence-electron chi connectivity index (χ0n) is 5.83. The molecule has 1 amide bonds. The first-order chi connectivity index (χ1) is 5.25. The van der Waals surface area contributed by atoms with E-state index in [1.54, 1.807) is 12.2 Å². The van der Waals surface area contributed by atoms with Gasteiger partial charge in [-0.2, -0.15) is 0 Å². The third kappa shape index (κ3) is 1.53. The van der Waals surface area contributed by atoms with E-state index in [1.807, 2.05) is 5.43 Å². The Bertz CT molecular complexity index is 253. The summed E-state index contributed by atoms with van der Waals surface area (Å²) in [4.78, 5) is 21.8. The van der Waals surface area contributed by atoms with Crippen molar-refractivity contribution in [2.24, 2.45) is 5.84 Å². The summed E-state index contributed by atoms with van der Waals surface area (Å²) in [6, 6.07) is 0. The minimum atomic E-state index is -0.528. The molecule has 4 heteroatoms. The Labute approximate surface area is 63.7 Å². The van der Waals surface area contributed by atoms with Crippen LogP contribution in [0, 0.1) is 0 Å². The predicted octanol–water partition coefficient (Wildman–Crippen LogP) is -0.568. The highest BCUT2D eigenvalue weighted by Gasteiger charge is 2.16. The molecule has 11 heavy (non-hydrogen) atoms. The van der Waals surface area contributed by atoms with Crippen LogP contribution in [0.2, 0.25) is 0 Å². The number of carbonyl (C=O) groups excluding carboxylic acids is 2. The summed E-state index contributed by atoms with van der Waals surface area (Å²) in [5.74, 6) is 4.12. The summed E-state index contributed by atoms with van der Waals surface area (Å²) >= 11 is 0. The van der Waals surface area contributed by atoms with Crippen molar-refractivity contribution in [3.63, 3.8) is 0 Å². The van der Waals surface area contributed by atoms with Crippen LogP contribution in [0.1, 0.15) is 6.42 Å². The van der Waals surface area contributed by atoms with E-state index >= 15 is 0 Å². The number of nitrogens with one attached hydrogen (secondary N) is 1. The first-order valence-electron chi connectivity index (χ1n) is 3.16. The van der Waals surface area contributed by atoms with Crippen LogP contribution in [0.15, 0.2) is 23.8 Å². The molecule has 0 unspecified atom stereocenters. The minimum absolute atomic E-state index is 0.120. The molecule has 1 rings (SSSR count). The van der Waals surface area contributed by atoms with Gasteiger partial charge >= 0.3 is 0 Å². The average molecular weight is 152 g/mol. The van der Waals surface area contributed by atoms with Crippen molar-refractivity contribution in [3.05, 3.63) is 23.8 Å². The van der Waals surface area contributed by atoms with E-state index in [0.29, 0.717) is 0 Å². The zero-order chi connectivity index (χ0) is 8.27. The van der Waals surface area contributed by atoms with E-state index in [4.69, 9.17) is 5.84 Å². The van der Waals surface area contributed by atoms with E-state index < -0.39 is 5.91 Å². The predicted molar refractivity (Wildman–Crippen MR) is 39.2 cm³/mol. The van der Waals surface area contributed by atoms with Crippen LogP contribution in [0.5, 0.6) is 0 Å². The van der Waals surface area contributed by atoms with Gasteiger partial charge in [-0.3, -0.25) is 15.0 Å². The lowest BCUT2D eigenvalue weighted by Crippen LogP contribution is -2.34. The molecule has 58 valence electrons. The van der Waals surface area contributed by atoms with Gasteiger partial charge in [0.25, 0.3) is 5.91 Å². The van der Waals surface area contributed by atoms with Gasteiger partial charge in [0, 0.05) is 6.42 Å². The number of hydrazine groups is 1. The second kappa shape index (κ2) is 3.12. The van der Waals surface area contributed by atoms with Gasteiger partial charge in [-0.05, 0) is 6.08 Å². The standard InChI is InChI=1S/C7H8N2O2/c8-9-7(11)5-3-1-2-4-6(5)10/h1-3H,4,8H2,(H,9,11). The van der Waals surface area contributed by atoms with Crippen molar-refractivity contribution in [2.75, 3.05) is 0 Å². The number of nitrogens with two attached hydrogens (primary N) is 1. The Morgan fingerprint density at radius 1 is 1.64 bits per heavy atom. The molecule has 0 saturated carbocycles. The fraction of sp³-hybridized carbons (Fsp3) is 0.143. The number of allylic oxidation sites excluding steroid dienone is 3. The van der Waals surface area contributed by atoms with Crippen LogP contribution < -0.4 is 11.3 Å². The molecule has 0 aromatic heterocycles. The third-order valence-corrected chi connectivity index (χ3v) is 1.38. The first-order valence-corrected chi connectivity index (χ1v) is 3.16. The molecule has 1 aliphatic rings. The van der Waals surface area contributed by atoms with Gasteiger partial charge in [0.1, 0.15) is 0 Å². The lowest BCUT2D eigenvalue weighted by Gasteiger charge is -2.04. The Morgan fingerprint density at radius 2 is 2.36 bits per heavy atom. The minimum Gasteiger partial charge on any atom is -0.294 e. The highest BCUT2D eigenvalue weighted by Crippen LogP contribution is 2.06. The molecular weight excluding hydrogens is 144 g/mol. The molecular formula is C7H8N2O2. The van der Waals surface area contributed by atoms with E-state index in [2.05, 4.69) is 0 Å². The molecule has 0 radical (unpaired) electrons. The van der Waals surface area contributed by atoms with Crippen LogP contribution in [0.25, 0.3) is 0 Å². The van der Waals surface area contributed by atoms with Crippen molar-refractivity contribution in [1.82, 2.24) is 5.43 Å². The number of ketones is 1. The summed E-state index contributed by atoms with van der Waals surface area (Å²) in [7, 11) is 0. The average Bonchev–Trinajstić information content (AvgIpc) is 2.04. The van der Waals surface area contributed by atoms with Gasteiger partial charge in [0.2, 0.25) is 0 Å². The normalized spacial score (nSPS) is 16.1. The zero-order valence-corrected chi connectivity index (χ0v) is 5.83. The van der Waals surface area contributed by atoms with Gasteiger partial charge in [-0.25, -0.2) is 5.84 Å². The van der Waals surface area contributed by atoms with Crippen LogP contribution >= 0.6 is 0 Å². The van der Waals surface area contributed by atoms with Crippen molar-refractivity contribution in [1.29, 1.82) is 0 Å². The maximum atomic E-state index is 11.0. The molecule has 3 N–H and O–H groups in total. The second-order valence-corrected chi connectivity index (χ2v) is 2.11. The molecule has 0 saturated heterocycles. The van der Waals surface area contributed by atoms with E-state index in [-0.39, 0.29) is 17.8 Å². The third-order valence-electron chi connectivity index (χ3n) is 1.38. The highest BCUT2D eigenvalue weighted by atomic mass is 16.2.